The molecule has 2 bridgehead atoms. The number of hydrogen-bond acceptors (Lipinski definition) is 4. The first-order valence-corrected chi connectivity index (χ1v) is 9.55. The van der Waals surface area contributed by atoms with Gasteiger partial charge in [-0.25, -0.2) is 4.79 Å². The minimum absolute atomic E-state index is 0.00866. The summed E-state index contributed by atoms with van der Waals surface area (Å²) in [6.07, 6.45) is 5.21. The van der Waals surface area contributed by atoms with Crippen LogP contribution >= 0.6 is 0 Å². The topological polar surface area (TPSA) is 74.8 Å². The number of hydrogen-bond donors (Lipinski definition) is 1. The molecule has 0 spiro atoms. The van der Waals surface area contributed by atoms with Gasteiger partial charge in [-0.15, -0.1) is 0 Å². The lowest BCUT2D eigenvalue weighted by Gasteiger charge is -2.36. The molecule has 2 unspecified atom stereocenters. The van der Waals surface area contributed by atoms with E-state index in [1.165, 1.54) is 0 Å². The smallest absolute Gasteiger partial charge is 0.322 e. The molecule has 2 aromatic rings. The van der Waals surface area contributed by atoms with Gasteiger partial charge in [0.2, 0.25) is 0 Å². The Balaban J connectivity index is 1.47. The lowest BCUT2D eigenvalue weighted by Crippen LogP contribution is -2.49. The summed E-state index contributed by atoms with van der Waals surface area (Å²) in [5.74, 6) is 0.999. The average molecular weight is 380 g/mol. The molecular weight excluding hydrogens is 356 g/mol. The molecule has 5 rings (SSSR count). The number of rotatable bonds is 3. The van der Waals surface area contributed by atoms with Gasteiger partial charge in [-0.1, -0.05) is 6.07 Å². The Morgan fingerprint density at radius 3 is 2.71 bits per heavy atom. The Kier molecular flexibility index (Phi) is 5.14. The van der Waals surface area contributed by atoms with Crippen LogP contribution in [0.3, 0.4) is 0 Å². The first kappa shape index (κ1) is 18.3. The molecule has 3 amide bonds. The van der Waals surface area contributed by atoms with Crippen molar-refractivity contribution in [3.05, 3.63) is 54.4 Å². The van der Waals surface area contributed by atoms with Crippen molar-refractivity contribution in [1.29, 1.82) is 0 Å². The highest BCUT2D eigenvalue weighted by atomic mass is 16.5. The lowest BCUT2D eigenvalue weighted by molar-refractivity contribution is 0.0743. The van der Waals surface area contributed by atoms with Gasteiger partial charge in [-0.05, 0) is 43.0 Å². The highest BCUT2D eigenvalue weighted by Crippen LogP contribution is 2.29. The molecule has 0 aliphatic carbocycles. The number of anilines is 1. The van der Waals surface area contributed by atoms with Gasteiger partial charge in [0.25, 0.3) is 5.91 Å². The summed E-state index contributed by atoms with van der Waals surface area (Å²) in [6, 6.07) is 10.7. The Morgan fingerprint density at radius 2 is 1.93 bits per heavy atom. The molecule has 1 N–H and O–H groups in total. The van der Waals surface area contributed by atoms with Crippen molar-refractivity contribution in [3.8, 4) is 5.75 Å². The average Bonchev–Trinajstić information content (AvgIpc) is 3.06. The van der Waals surface area contributed by atoms with Crippen LogP contribution in [-0.4, -0.2) is 59.5 Å². The van der Waals surface area contributed by atoms with Gasteiger partial charge in [0, 0.05) is 49.3 Å². The van der Waals surface area contributed by atoms with Gasteiger partial charge in [0.05, 0.1) is 13.2 Å². The molecule has 2 atom stereocenters. The number of methoxy groups -OCH3 is 1. The number of nitrogens with zero attached hydrogens (tertiary/aromatic N) is 3. The van der Waals surface area contributed by atoms with E-state index in [0.717, 1.165) is 12.8 Å². The number of aromatic nitrogens is 1. The van der Waals surface area contributed by atoms with Crippen molar-refractivity contribution in [2.24, 2.45) is 5.92 Å². The number of benzene rings is 1. The number of fused-ring (bicyclic) bond motifs is 4. The van der Waals surface area contributed by atoms with Crippen LogP contribution < -0.4 is 10.1 Å². The van der Waals surface area contributed by atoms with Crippen LogP contribution in [0.15, 0.2) is 48.8 Å². The molecule has 0 radical (unpaired) electrons. The van der Waals surface area contributed by atoms with E-state index in [4.69, 9.17) is 4.74 Å². The van der Waals surface area contributed by atoms with Crippen molar-refractivity contribution in [3.63, 3.8) is 0 Å². The van der Waals surface area contributed by atoms with Gasteiger partial charge in [0.15, 0.2) is 0 Å². The molecule has 146 valence electrons. The summed E-state index contributed by atoms with van der Waals surface area (Å²) in [5, 5.41) is 2.97. The number of ether oxygens (including phenoxy) is 1. The predicted molar refractivity (Wildman–Crippen MR) is 105 cm³/mol. The molecule has 3 aliphatic heterocycles. The zero-order chi connectivity index (χ0) is 19.5. The second kappa shape index (κ2) is 7.88. The molecule has 7 heteroatoms. The van der Waals surface area contributed by atoms with E-state index in [1.807, 2.05) is 28.0 Å². The van der Waals surface area contributed by atoms with Crippen LogP contribution in [0.4, 0.5) is 10.5 Å². The van der Waals surface area contributed by atoms with Crippen molar-refractivity contribution >= 4 is 17.6 Å². The summed E-state index contributed by atoms with van der Waals surface area (Å²) < 4.78 is 5.22. The van der Waals surface area contributed by atoms with Crippen LogP contribution in [0.2, 0.25) is 0 Å². The van der Waals surface area contributed by atoms with Crippen molar-refractivity contribution < 1.29 is 14.3 Å². The number of amides is 3. The van der Waals surface area contributed by atoms with Crippen molar-refractivity contribution in [2.45, 2.75) is 18.9 Å². The Bertz CT molecular complexity index is 858. The van der Waals surface area contributed by atoms with Crippen LogP contribution in [0, 0.1) is 5.92 Å². The van der Waals surface area contributed by atoms with Gasteiger partial charge in [-0.3, -0.25) is 9.78 Å². The highest BCUT2D eigenvalue weighted by molar-refractivity contribution is 5.94. The third kappa shape index (κ3) is 3.78. The van der Waals surface area contributed by atoms with Gasteiger partial charge in [0.1, 0.15) is 5.75 Å². The van der Waals surface area contributed by atoms with Gasteiger partial charge < -0.3 is 19.9 Å². The number of nitrogens with one attached hydrogen (secondary N) is 1. The van der Waals surface area contributed by atoms with E-state index in [2.05, 4.69) is 10.3 Å². The molecule has 0 saturated carbocycles. The third-order valence-corrected chi connectivity index (χ3v) is 5.51. The zero-order valence-corrected chi connectivity index (χ0v) is 15.9. The Labute approximate surface area is 164 Å². The molecule has 1 aromatic heterocycles. The largest absolute Gasteiger partial charge is 0.497 e. The summed E-state index contributed by atoms with van der Waals surface area (Å²) in [5.41, 5.74) is 1.35. The molecule has 3 aliphatic rings. The lowest BCUT2D eigenvalue weighted by atomic mass is 9.95. The quantitative estimate of drug-likeness (QED) is 0.889. The van der Waals surface area contributed by atoms with E-state index in [9.17, 15) is 9.59 Å². The second-order valence-electron chi connectivity index (χ2n) is 7.36. The van der Waals surface area contributed by atoms with Crippen LogP contribution in [0.25, 0.3) is 0 Å². The number of piperidine rings is 1. The number of carbonyl (C=O) groups is 2. The van der Waals surface area contributed by atoms with Gasteiger partial charge >= 0.3 is 6.03 Å². The summed E-state index contributed by atoms with van der Waals surface area (Å²) in [6.45, 7) is 1.91. The maximum absolute atomic E-state index is 12.9. The molecule has 3 fully saturated rings. The van der Waals surface area contributed by atoms with E-state index in [0.29, 0.717) is 42.6 Å². The third-order valence-electron chi connectivity index (χ3n) is 5.51. The van der Waals surface area contributed by atoms with E-state index in [-0.39, 0.29) is 18.0 Å². The first-order valence-electron chi connectivity index (χ1n) is 9.55. The van der Waals surface area contributed by atoms with E-state index in [1.54, 1.807) is 37.7 Å². The molecule has 1 aromatic carbocycles. The number of pyridine rings is 1. The normalized spacial score (nSPS) is 21.2. The maximum atomic E-state index is 12.9. The predicted octanol–water partition coefficient (Wildman–Crippen LogP) is 2.86. The fourth-order valence-corrected chi connectivity index (χ4v) is 4.07. The molecule has 28 heavy (non-hydrogen) atoms. The Hall–Kier alpha value is -3.09. The van der Waals surface area contributed by atoms with E-state index >= 15 is 0 Å². The standard InChI is InChI=1S/C21H24N4O3/c1-28-19-4-2-3-17(11-19)23-21(27)25-13-15-5-6-18(25)14-24(12-15)20(26)16-7-9-22-10-8-16/h2-4,7-11,15,18H,5-6,12-14H2,1H3,(H,23,27). The van der Waals surface area contributed by atoms with Crippen molar-refractivity contribution in [2.75, 3.05) is 32.1 Å². The first-order chi connectivity index (χ1) is 13.6. The zero-order valence-electron chi connectivity index (χ0n) is 15.9. The molecule has 4 heterocycles. The summed E-state index contributed by atoms with van der Waals surface area (Å²) in [4.78, 5) is 33.5. The summed E-state index contributed by atoms with van der Waals surface area (Å²) in [7, 11) is 1.60. The van der Waals surface area contributed by atoms with E-state index < -0.39 is 0 Å². The molecule has 7 nitrogen and oxygen atoms in total. The highest BCUT2D eigenvalue weighted by Gasteiger charge is 2.38. The molecule has 3 saturated heterocycles. The molecular formula is C21H24N4O3. The number of carbonyl (C=O) groups excluding carboxylic acids is 2. The monoisotopic (exact) mass is 380 g/mol. The minimum atomic E-state index is -0.124. The fraction of sp³-hybridized carbons (Fsp3) is 0.381. The van der Waals surface area contributed by atoms with Gasteiger partial charge in [-0.2, -0.15) is 0 Å². The van der Waals surface area contributed by atoms with Crippen molar-refractivity contribution in [1.82, 2.24) is 14.8 Å². The van der Waals surface area contributed by atoms with Crippen LogP contribution in [0.5, 0.6) is 5.75 Å². The minimum Gasteiger partial charge on any atom is -0.497 e. The fourth-order valence-electron chi connectivity index (χ4n) is 4.07. The Morgan fingerprint density at radius 1 is 1.11 bits per heavy atom. The number of urea groups is 1. The SMILES string of the molecule is COc1cccc(NC(=O)N2CC3CCC2CN(C(=O)c2ccncc2)C3)c1. The van der Waals surface area contributed by atoms with Crippen LogP contribution in [-0.2, 0) is 0 Å². The second-order valence-corrected chi connectivity index (χ2v) is 7.36. The van der Waals surface area contributed by atoms with Crippen LogP contribution in [0.1, 0.15) is 23.2 Å². The maximum Gasteiger partial charge on any atom is 0.322 e. The summed E-state index contributed by atoms with van der Waals surface area (Å²) >= 11 is 0.